The maximum Gasteiger partial charge on any atom is 0.303 e. The van der Waals surface area contributed by atoms with E-state index < -0.39 is 5.97 Å². The minimum absolute atomic E-state index is 0.00662. The molecule has 0 aromatic carbocycles. The lowest BCUT2D eigenvalue weighted by Crippen LogP contribution is -2.29. The molecule has 1 saturated heterocycles. The Bertz CT molecular complexity index is 723. The second kappa shape index (κ2) is 5.82. The zero-order chi connectivity index (χ0) is 16.6. The van der Waals surface area contributed by atoms with Gasteiger partial charge in [-0.1, -0.05) is 0 Å². The molecule has 1 fully saturated rings. The summed E-state index contributed by atoms with van der Waals surface area (Å²) >= 11 is 0. The normalized spacial score (nSPS) is 20.9. The van der Waals surface area contributed by atoms with Crippen LogP contribution in [0.5, 0.6) is 0 Å². The van der Waals surface area contributed by atoms with E-state index in [2.05, 4.69) is 20.5 Å². The molecule has 2 atom stereocenters. The van der Waals surface area contributed by atoms with Crippen LogP contribution in [0.3, 0.4) is 0 Å². The second-order valence-corrected chi connectivity index (χ2v) is 5.84. The van der Waals surface area contributed by atoms with Crippen molar-refractivity contribution in [3.05, 3.63) is 29.3 Å². The van der Waals surface area contributed by atoms with E-state index in [1.54, 1.807) is 29.0 Å². The summed E-state index contributed by atoms with van der Waals surface area (Å²) in [5.41, 5.74) is 2.02. The number of nitrogens with zero attached hydrogens (tertiary/aromatic N) is 5. The van der Waals surface area contributed by atoms with Crippen LogP contribution in [0.2, 0.25) is 0 Å². The summed E-state index contributed by atoms with van der Waals surface area (Å²) < 4.78 is 1.65. The van der Waals surface area contributed by atoms with E-state index in [1.165, 1.54) is 0 Å². The number of carbonyl (C=O) groups is 2. The third kappa shape index (κ3) is 2.81. The number of carboxylic acid groups (broad SMARTS) is 1. The first-order valence-electron chi connectivity index (χ1n) is 7.32. The molecule has 1 aliphatic rings. The van der Waals surface area contributed by atoms with Crippen LogP contribution in [0.1, 0.15) is 34.1 Å². The van der Waals surface area contributed by atoms with E-state index in [9.17, 15) is 9.59 Å². The number of carboxylic acids is 1. The standard InChI is InChI=1S/C14H18N6O3/c1-8-10(4-16-19(8)2)14(23)20-6-9(3-13(21)22)11(7-20)12-5-15-18-17-12/h4-5,9,11H,3,6-7H2,1-2H3,(H,21,22)(H,15,17,18)/t9-,11+/m1/s1. The molecule has 1 amide bonds. The highest BCUT2D eigenvalue weighted by Gasteiger charge is 2.39. The fourth-order valence-corrected chi connectivity index (χ4v) is 3.07. The molecular weight excluding hydrogens is 300 g/mol. The van der Waals surface area contributed by atoms with Crippen molar-refractivity contribution in [3.63, 3.8) is 0 Å². The van der Waals surface area contributed by atoms with Crippen molar-refractivity contribution in [1.82, 2.24) is 30.1 Å². The highest BCUT2D eigenvalue weighted by Crippen LogP contribution is 2.34. The van der Waals surface area contributed by atoms with Crippen LogP contribution in [-0.2, 0) is 11.8 Å². The fraction of sp³-hybridized carbons (Fsp3) is 0.500. The van der Waals surface area contributed by atoms with Crippen LogP contribution in [-0.4, -0.2) is 60.2 Å². The van der Waals surface area contributed by atoms with E-state index in [0.717, 1.165) is 5.69 Å². The molecule has 3 rings (SSSR count). The van der Waals surface area contributed by atoms with Gasteiger partial charge in [0.25, 0.3) is 5.91 Å². The monoisotopic (exact) mass is 318 g/mol. The van der Waals surface area contributed by atoms with Crippen molar-refractivity contribution in [2.45, 2.75) is 19.3 Å². The van der Waals surface area contributed by atoms with Gasteiger partial charge >= 0.3 is 5.97 Å². The van der Waals surface area contributed by atoms with Crippen LogP contribution < -0.4 is 0 Å². The lowest BCUT2D eigenvalue weighted by Gasteiger charge is -2.15. The van der Waals surface area contributed by atoms with Gasteiger partial charge in [0.1, 0.15) is 0 Å². The summed E-state index contributed by atoms with van der Waals surface area (Å²) in [4.78, 5) is 25.5. The summed E-state index contributed by atoms with van der Waals surface area (Å²) in [6.45, 7) is 2.65. The molecule has 0 aliphatic carbocycles. The molecule has 0 bridgehead atoms. The molecule has 122 valence electrons. The zero-order valence-corrected chi connectivity index (χ0v) is 12.9. The van der Waals surface area contributed by atoms with E-state index in [-0.39, 0.29) is 24.2 Å². The maximum atomic E-state index is 12.7. The van der Waals surface area contributed by atoms with Gasteiger partial charge in [0.15, 0.2) is 0 Å². The van der Waals surface area contributed by atoms with E-state index in [4.69, 9.17) is 5.11 Å². The van der Waals surface area contributed by atoms with Crippen LogP contribution in [0, 0.1) is 12.8 Å². The fourth-order valence-electron chi connectivity index (χ4n) is 3.07. The average molecular weight is 318 g/mol. The van der Waals surface area contributed by atoms with Crippen LogP contribution in [0.25, 0.3) is 0 Å². The number of aromatic nitrogens is 5. The first-order chi connectivity index (χ1) is 11.0. The number of hydrogen-bond donors (Lipinski definition) is 2. The van der Waals surface area contributed by atoms with Crippen LogP contribution >= 0.6 is 0 Å². The smallest absolute Gasteiger partial charge is 0.303 e. The molecule has 9 heteroatoms. The summed E-state index contributed by atoms with van der Waals surface area (Å²) in [6.07, 6.45) is 3.13. The molecule has 0 spiro atoms. The number of aliphatic carboxylic acids is 1. The molecule has 9 nitrogen and oxygen atoms in total. The molecule has 2 N–H and O–H groups in total. The quantitative estimate of drug-likeness (QED) is 0.830. The average Bonchev–Trinajstić information content (AvgIpc) is 3.20. The Kier molecular flexibility index (Phi) is 3.85. The number of carbonyl (C=O) groups excluding carboxylic acids is 1. The Morgan fingerprint density at radius 1 is 1.39 bits per heavy atom. The number of nitrogens with one attached hydrogen (secondary N) is 1. The van der Waals surface area contributed by atoms with Crippen LogP contribution in [0.4, 0.5) is 0 Å². The van der Waals surface area contributed by atoms with Crippen LogP contribution in [0.15, 0.2) is 12.4 Å². The summed E-state index contributed by atoms with van der Waals surface area (Å²) in [5, 5.41) is 23.6. The number of rotatable bonds is 4. The predicted octanol–water partition coefficient (Wildman–Crippen LogP) is 0.177. The number of hydrogen-bond acceptors (Lipinski definition) is 5. The van der Waals surface area contributed by atoms with Gasteiger partial charge in [0.05, 0.1) is 30.1 Å². The number of aromatic amines is 1. The first-order valence-corrected chi connectivity index (χ1v) is 7.32. The minimum Gasteiger partial charge on any atom is -0.481 e. The summed E-state index contributed by atoms with van der Waals surface area (Å²) in [7, 11) is 1.78. The van der Waals surface area contributed by atoms with Gasteiger partial charge in [-0.15, -0.1) is 0 Å². The Hall–Kier alpha value is -2.71. The highest BCUT2D eigenvalue weighted by atomic mass is 16.4. The van der Waals surface area contributed by atoms with Crippen molar-refractivity contribution >= 4 is 11.9 Å². The highest BCUT2D eigenvalue weighted by molar-refractivity contribution is 5.95. The van der Waals surface area contributed by atoms with Gasteiger partial charge in [0.2, 0.25) is 0 Å². The van der Waals surface area contributed by atoms with E-state index >= 15 is 0 Å². The Balaban J connectivity index is 1.83. The summed E-state index contributed by atoms with van der Waals surface area (Å²) in [6, 6.07) is 0. The number of amides is 1. The molecular formula is C14H18N6O3. The van der Waals surface area contributed by atoms with Crippen molar-refractivity contribution < 1.29 is 14.7 Å². The largest absolute Gasteiger partial charge is 0.481 e. The van der Waals surface area contributed by atoms with Crippen molar-refractivity contribution in [3.8, 4) is 0 Å². The molecule has 23 heavy (non-hydrogen) atoms. The molecule has 0 unspecified atom stereocenters. The van der Waals surface area contributed by atoms with Crippen molar-refractivity contribution in [1.29, 1.82) is 0 Å². The second-order valence-electron chi connectivity index (χ2n) is 5.84. The number of H-pyrrole nitrogens is 1. The minimum atomic E-state index is -0.879. The van der Waals surface area contributed by atoms with E-state index in [0.29, 0.717) is 24.3 Å². The van der Waals surface area contributed by atoms with Gasteiger partial charge in [-0.2, -0.15) is 20.5 Å². The third-order valence-corrected chi connectivity index (χ3v) is 4.44. The Morgan fingerprint density at radius 3 is 2.74 bits per heavy atom. The van der Waals surface area contributed by atoms with Gasteiger partial charge in [-0.3, -0.25) is 14.3 Å². The number of aryl methyl sites for hydroxylation is 1. The predicted molar refractivity (Wildman–Crippen MR) is 78.7 cm³/mol. The Morgan fingerprint density at radius 2 is 2.17 bits per heavy atom. The maximum absolute atomic E-state index is 12.7. The first kappa shape index (κ1) is 15.2. The van der Waals surface area contributed by atoms with Crippen molar-refractivity contribution in [2.75, 3.05) is 13.1 Å². The molecule has 0 saturated carbocycles. The van der Waals surface area contributed by atoms with Gasteiger partial charge in [-0.05, 0) is 12.8 Å². The zero-order valence-electron chi connectivity index (χ0n) is 12.9. The number of likely N-dealkylation sites (tertiary alicyclic amines) is 1. The van der Waals surface area contributed by atoms with Gasteiger partial charge in [0, 0.05) is 31.7 Å². The summed E-state index contributed by atoms with van der Waals surface area (Å²) in [5.74, 6) is -1.32. The Labute approximate surface area is 132 Å². The topological polar surface area (TPSA) is 117 Å². The third-order valence-electron chi connectivity index (χ3n) is 4.44. The molecule has 2 aromatic rings. The van der Waals surface area contributed by atoms with Gasteiger partial charge < -0.3 is 10.0 Å². The van der Waals surface area contributed by atoms with E-state index in [1.807, 2.05) is 6.92 Å². The lowest BCUT2D eigenvalue weighted by atomic mass is 9.91. The molecule has 3 heterocycles. The molecule has 0 radical (unpaired) electrons. The van der Waals surface area contributed by atoms with Gasteiger partial charge in [-0.25, -0.2) is 0 Å². The lowest BCUT2D eigenvalue weighted by molar-refractivity contribution is -0.138. The van der Waals surface area contributed by atoms with Crippen molar-refractivity contribution in [2.24, 2.45) is 13.0 Å². The SMILES string of the molecule is Cc1c(C(=O)N2C[C@@H](CC(=O)O)[C@@H](c3cn[nH]n3)C2)cnn1C. The molecule has 2 aromatic heterocycles. The molecule has 1 aliphatic heterocycles.